The van der Waals surface area contributed by atoms with Crippen LogP contribution in [-0.2, 0) is 5.60 Å². The molecule has 0 amide bonds. The first kappa shape index (κ1) is 11.6. The SMILES string of the molecule is CC.Cc1ncc(C(C)(C)O)s1. The lowest BCUT2D eigenvalue weighted by molar-refractivity contribution is 0.0823. The first-order valence-corrected chi connectivity index (χ1v) is 4.97. The Morgan fingerprint density at radius 2 is 1.92 bits per heavy atom. The normalized spacial score (nSPS) is 10.5. The van der Waals surface area contributed by atoms with E-state index < -0.39 is 5.60 Å². The molecule has 0 unspecified atom stereocenters. The van der Waals surface area contributed by atoms with Gasteiger partial charge in [0.2, 0.25) is 0 Å². The highest BCUT2D eigenvalue weighted by Crippen LogP contribution is 2.24. The van der Waals surface area contributed by atoms with Crippen LogP contribution in [-0.4, -0.2) is 10.1 Å². The van der Waals surface area contributed by atoms with E-state index in [0.717, 1.165) is 9.88 Å². The predicted molar refractivity (Wildman–Crippen MR) is 53.4 cm³/mol. The van der Waals surface area contributed by atoms with Crippen molar-refractivity contribution < 1.29 is 5.11 Å². The number of nitrogens with zero attached hydrogens (tertiary/aromatic N) is 1. The molecule has 0 radical (unpaired) electrons. The quantitative estimate of drug-likeness (QED) is 0.733. The van der Waals surface area contributed by atoms with Crippen molar-refractivity contribution in [2.45, 2.75) is 40.2 Å². The Morgan fingerprint density at radius 3 is 2.08 bits per heavy atom. The summed E-state index contributed by atoms with van der Waals surface area (Å²) in [5, 5.41) is 10.5. The summed E-state index contributed by atoms with van der Waals surface area (Å²) >= 11 is 1.53. The highest BCUT2D eigenvalue weighted by atomic mass is 32.1. The van der Waals surface area contributed by atoms with Gasteiger partial charge < -0.3 is 5.11 Å². The molecule has 1 N–H and O–H groups in total. The summed E-state index contributed by atoms with van der Waals surface area (Å²) in [6, 6.07) is 0. The lowest BCUT2D eigenvalue weighted by Gasteiger charge is -2.12. The van der Waals surface area contributed by atoms with Crippen LogP contribution in [0.2, 0.25) is 0 Å². The van der Waals surface area contributed by atoms with E-state index in [2.05, 4.69) is 4.98 Å². The molecule has 1 aromatic rings. The predicted octanol–water partition coefficient (Wildman–Crippen LogP) is 2.71. The third-order valence-corrected chi connectivity index (χ3v) is 2.45. The summed E-state index contributed by atoms with van der Waals surface area (Å²) in [5.41, 5.74) is -0.730. The van der Waals surface area contributed by atoms with Gasteiger partial charge in [0.15, 0.2) is 0 Å². The topological polar surface area (TPSA) is 33.1 Å². The summed E-state index contributed by atoms with van der Waals surface area (Å²) in [5.74, 6) is 0. The molecule has 1 heterocycles. The standard InChI is InChI=1S/C7H11NOS.C2H6/c1-5-8-4-6(10-5)7(2,3)9;1-2/h4,9H,1-3H3;1-2H3. The first-order valence-electron chi connectivity index (χ1n) is 4.15. The van der Waals surface area contributed by atoms with Gasteiger partial charge in [-0.05, 0) is 20.8 Å². The van der Waals surface area contributed by atoms with Gasteiger partial charge in [-0.2, -0.15) is 0 Å². The Labute approximate surface area is 78.3 Å². The maximum atomic E-state index is 9.47. The molecule has 0 aromatic carbocycles. The van der Waals surface area contributed by atoms with Crippen LogP contribution in [0.25, 0.3) is 0 Å². The molecule has 1 rings (SSSR count). The summed E-state index contributed by atoms with van der Waals surface area (Å²) in [6.45, 7) is 9.46. The molecule has 0 aliphatic rings. The molecule has 0 aliphatic heterocycles. The van der Waals surface area contributed by atoms with Crippen LogP contribution in [0.1, 0.15) is 37.6 Å². The van der Waals surface area contributed by atoms with Crippen LogP contribution in [0.5, 0.6) is 0 Å². The van der Waals surface area contributed by atoms with E-state index in [1.165, 1.54) is 11.3 Å². The Bertz CT molecular complexity index is 225. The van der Waals surface area contributed by atoms with Crippen LogP contribution in [0.15, 0.2) is 6.20 Å². The average molecular weight is 187 g/mol. The minimum absolute atomic E-state index is 0.730. The molecular weight excluding hydrogens is 170 g/mol. The van der Waals surface area contributed by atoms with Crippen molar-refractivity contribution in [1.82, 2.24) is 4.98 Å². The van der Waals surface area contributed by atoms with Crippen LogP contribution in [0.3, 0.4) is 0 Å². The highest BCUT2D eigenvalue weighted by Gasteiger charge is 2.17. The zero-order chi connectivity index (χ0) is 9.78. The lowest BCUT2D eigenvalue weighted by atomic mass is 10.1. The number of rotatable bonds is 1. The molecule has 2 nitrogen and oxygen atoms in total. The molecule has 0 saturated carbocycles. The fourth-order valence-electron chi connectivity index (χ4n) is 0.644. The van der Waals surface area contributed by atoms with Gasteiger partial charge in [-0.25, -0.2) is 4.98 Å². The first-order chi connectivity index (χ1) is 5.50. The number of thiazole rings is 1. The molecule has 0 bridgehead atoms. The molecule has 12 heavy (non-hydrogen) atoms. The van der Waals surface area contributed by atoms with Crippen molar-refractivity contribution >= 4 is 11.3 Å². The third-order valence-electron chi connectivity index (χ3n) is 1.22. The molecule has 70 valence electrons. The maximum Gasteiger partial charge on any atom is 0.0948 e. The van der Waals surface area contributed by atoms with Crippen LogP contribution in [0.4, 0.5) is 0 Å². The Morgan fingerprint density at radius 1 is 1.42 bits per heavy atom. The van der Waals surface area contributed by atoms with Gasteiger partial charge in [-0.15, -0.1) is 11.3 Å². The van der Waals surface area contributed by atoms with Crippen molar-refractivity contribution in [2.75, 3.05) is 0 Å². The van der Waals surface area contributed by atoms with Gasteiger partial charge >= 0.3 is 0 Å². The zero-order valence-corrected chi connectivity index (χ0v) is 9.20. The lowest BCUT2D eigenvalue weighted by Crippen LogP contribution is -2.12. The summed E-state index contributed by atoms with van der Waals surface area (Å²) < 4.78 is 0. The number of aliphatic hydroxyl groups is 1. The number of aromatic nitrogens is 1. The molecule has 0 fully saturated rings. The van der Waals surface area contributed by atoms with E-state index >= 15 is 0 Å². The van der Waals surface area contributed by atoms with Crippen molar-refractivity contribution in [3.63, 3.8) is 0 Å². The molecule has 3 heteroatoms. The fraction of sp³-hybridized carbons (Fsp3) is 0.667. The summed E-state index contributed by atoms with van der Waals surface area (Å²) in [6.07, 6.45) is 1.72. The van der Waals surface area contributed by atoms with Gasteiger partial charge in [0.1, 0.15) is 0 Å². The molecule has 0 saturated heterocycles. The Kier molecular flexibility index (Phi) is 4.42. The van der Waals surface area contributed by atoms with Crippen LogP contribution >= 0.6 is 11.3 Å². The van der Waals surface area contributed by atoms with E-state index in [1.54, 1.807) is 20.0 Å². The van der Waals surface area contributed by atoms with E-state index in [0.29, 0.717) is 0 Å². The summed E-state index contributed by atoms with van der Waals surface area (Å²) in [7, 11) is 0. The van der Waals surface area contributed by atoms with E-state index in [4.69, 9.17) is 0 Å². The van der Waals surface area contributed by atoms with Gasteiger partial charge in [0, 0.05) is 6.20 Å². The Balaban J connectivity index is 0.000000561. The largest absolute Gasteiger partial charge is 0.385 e. The third kappa shape index (κ3) is 3.32. The number of hydrogen-bond donors (Lipinski definition) is 1. The number of hydrogen-bond acceptors (Lipinski definition) is 3. The number of aryl methyl sites for hydroxylation is 1. The van der Waals surface area contributed by atoms with Gasteiger partial charge in [0.25, 0.3) is 0 Å². The smallest absolute Gasteiger partial charge is 0.0948 e. The molecule has 0 spiro atoms. The second kappa shape index (κ2) is 4.58. The minimum atomic E-state index is -0.730. The second-order valence-electron chi connectivity index (χ2n) is 2.80. The van der Waals surface area contributed by atoms with Crippen molar-refractivity contribution in [1.29, 1.82) is 0 Å². The van der Waals surface area contributed by atoms with E-state index in [9.17, 15) is 5.11 Å². The summed E-state index contributed by atoms with van der Waals surface area (Å²) in [4.78, 5) is 4.96. The van der Waals surface area contributed by atoms with Crippen LogP contribution < -0.4 is 0 Å². The highest BCUT2D eigenvalue weighted by molar-refractivity contribution is 7.11. The van der Waals surface area contributed by atoms with Gasteiger partial charge in [-0.3, -0.25) is 0 Å². The van der Waals surface area contributed by atoms with Crippen molar-refractivity contribution in [3.05, 3.63) is 16.1 Å². The van der Waals surface area contributed by atoms with Crippen molar-refractivity contribution in [3.8, 4) is 0 Å². The monoisotopic (exact) mass is 187 g/mol. The van der Waals surface area contributed by atoms with E-state index in [1.807, 2.05) is 20.8 Å². The second-order valence-corrected chi connectivity index (χ2v) is 4.04. The molecule has 0 aliphatic carbocycles. The van der Waals surface area contributed by atoms with Crippen molar-refractivity contribution in [2.24, 2.45) is 0 Å². The zero-order valence-electron chi connectivity index (χ0n) is 8.38. The fourth-order valence-corrected chi connectivity index (χ4v) is 1.42. The van der Waals surface area contributed by atoms with Gasteiger partial charge in [-0.1, -0.05) is 13.8 Å². The Hall–Kier alpha value is -0.410. The minimum Gasteiger partial charge on any atom is -0.385 e. The molecule has 0 atom stereocenters. The molecule has 1 aromatic heterocycles. The van der Waals surface area contributed by atoms with E-state index in [-0.39, 0.29) is 0 Å². The van der Waals surface area contributed by atoms with Crippen LogP contribution in [0, 0.1) is 6.92 Å². The average Bonchev–Trinajstić information content (AvgIpc) is 2.39. The maximum absolute atomic E-state index is 9.47. The van der Waals surface area contributed by atoms with Gasteiger partial charge in [0.05, 0.1) is 15.5 Å². The molecular formula is C9H17NOS.